The zero-order chi connectivity index (χ0) is 14.8. The fraction of sp³-hybridized carbons (Fsp3) is 0.250. The van der Waals surface area contributed by atoms with Crippen LogP contribution in [0, 0.1) is 6.92 Å². The molecule has 0 bridgehead atoms. The summed E-state index contributed by atoms with van der Waals surface area (Å²) < 4.78 is 5.15. The molecule has 0 saturated carbocycles. The maximum absolute atomic E-state index is 12.0. The second-order valence-electron chi connectivity index (χ2n) is 5.08. The molecular formula is C16H16N2O3. The van der Waals surface area contributed by atoms with Gasteiger partial charge in [0.15, 0.2) is 5.76 Å². The van der Waals surface area contributed by atoms with Crippen molar-refractivity contribution in [3.8, 4) is 0 Å². The van der Waals surface area contributed by atoms with Gasteiger partial charge in [-0.2, -0.15) is 0 Å². The molecule has 0 unspecified atom stereocenters. The lowest BCUT2D eigenvalue weighted by Crippen LogP contribution is -2.23. The first-order valence-electron chi connectivity index (χ1n) is 6.91. The minimum atomic E-state index is -0.275. The zero-order valence-electron chi connectivity index (χ0n) is 11.8. The van der Waals surface area contributed by atoms with Gasteiger partial charge in [-0.15, -0.1) is 0 Å². The van der Waals surface area contributed by atoms with Crippen molar-refractivity contribution in [2.24, 2.45) is 0 Å². The van der Waals surface area contributed by atoms with Crippen LogP contribution >= 0.6 is 0 Å². The minimum Gasteiger partial charge on any atom is -0.459 e. The van der Waals surface area contributed by atoms with Gasteiger partial charge in [-0.05, 0) is 43.7 Å². The van der Waals surface area contributed by atoms with E-state index < -0.39 is 0 Å². The van der Waals surface area contributed by atoms with Crippen LogP contribution < -0.4 is 10.2 Å². The van der Waals surface area contributed by atoms with Gasteiger partial charge in [0.05, 0.1) is 6.26 Å². The van der Waals surface area contributed by atoms with Gasteiger partial charge in [0.25, 0.3) is 5.91 Å². The fourth-order valence-corrected chi connectivity index (χ4v) is 2.44. The number of carbonyl (C=O) groups excluding carboxylic acids is 2. The first-order valence-corrected chi connectivity index (χ1v) is 6.91. The Hall–Kier alpha value is -2.56. The molecule has 2 heterocycles. The Morgan fingerprint density at radius 1 is 1.24 bits per heavy atom. The number of rotatable bonds is 3. The molecule has 0 atom stereocenters. The average molecular weight is 284 g/mol. The van der Waals surface area contributed by atoms with Gasteiger partial charge >= 0.3 is 0 Å². The number of aryl methyl sites for hydroxylation is 1. The van der Waals surface area contributed by atoms with Crippen LogP contribution in [0.25, 0.3) is 0 Å². The van der Waals surface area contributed by atoms with Gasteiger partial charge in [-0.25, -0.2) is 0 Å². The van der Waals surface area contributed by atoms with E-state index in [1.807, 2.05) is 19.1 Å². The highest BCUT2D eigenvalue weighted by atomic mass is 16.3. The van der Waals surface area contributed by atoms with Crippen LogP contribution in [0.3, 0.4) is 0 Å². The van der Waals surface area contributed by atoms with Gasteiger partial charge in [0.1, 0.15) is 0 Å². The maximum atomic E-state index is 12.0. The first kappa shape index (κ1) is 13.4. The van der Waals surface area contributed by atoms with Crippen molar-refractivity contribution in [3.63, 3.8) is 0 Å². The van der Waals surface area contributed by atoms with Gasteiger partial charge in [0.2, 0.25) is 5.91 Å². The molecule has 1 aliphatic rings. The summed E-state index contributed by atoms with van der Waals surface area (Å²) in [4.78, 5) is 25.5. The van der Waals surface area contributed by atoms with Gasteiger partial charge < -0.3 is 14.6 Å². The van der Waals surface area contributed by atoms with Crippen molar-refractivity contribution < 1.29 is 14.0 Å². The molecule has 1 N–H and O–H groups in total. The van der Waals surface area contributed by atoms with Crippen molar-refractivity contribution in [1.82, 2.24) is 0 Å². The van der Waals surface area contributed by atoms with Gasteiger partial charge in [0, 0.05) is 29.9 Å². The Morgan fingerprint density at radius 2 is 2.00 bits per heavy atom. The fourth-order valence-electron chi connectivity index (χ4n) is 2.44. The molecule has 2 aromatic rings. The van der Waals surface area contributed by atoms with Crippen LogP contribution in [-0.2, 0) is 4.79 Å². The maximum Gasteiger partial charge on any atom is 0.291 e. The van der Waals surface area contributed by atoms with E-state index in [1.54, 1.807) is 23.1 Å². The lowest BCUT2D eigenvalue weighted by atomic mass is 10.2. The second kappa shape index (κ2) is 5.44. The third-order valence-electron chi connectivity index (χ3n) is 3.58. The summed E-state index contributed by atoms with van der Waals surface area (Å²) in [5.74, 6) is 0.189. The molecule has 21 heavy (non-hydrogen) atoms. The number of hydrogen-bond donors (Lipinski definition) is 1. The SMILES string of the molecule is Cc1ccoc1C(=O)Nc1ccc(N2CCCC2=O)cc1. The molecule has 3 rings (SSSR count). The van der Waals surface area contributed by atoms with Crippen LogP contribution in [0.15, 0.2) is 41.0 Å². The summed E-state index contributed by atoms with van der Waals surface area (Å²) in [5.41, 5.74) is 2.34. The van der Waals surface area contributed by atoms with Crippen molar-refractivity contribution in [3.05, 3.63) is 47.9 Å². The van der Waals surface area contributed by atoms with E-state index in [4.69, 9.17) is 4.42 Å². The van der Waals surface area contributed by atoms with E-state index in [0.29, 0.717) is 17.9 Å². The van der Waals surface area contributed by atoms with E-state index in [1.165, 1.54) is 6.26 Å². The van der Waals surface area contributed by atoms with E-state index >= 15 is 0 Å². The molecule has 1 aliphatic heterocycles. The van der Waals surface area contributed by atoms with E-state index in [0.717, 1.165) is 24.2 Å². The second-order valence-corrected chi connectivity index (χ2v) is 5.08. The molecule has 5 nitrogen and oxygen atoms in total. The monoisotopic (exact) mass is 284 g/mol. The standard InChI is InChI=1S/C16H16N2O3/c1-11-8-10-21-15(11)16(20)17-12-4-6-13(7-5-12)18-9-2-3-14(18)19/h4-8,10H,2-3,9H2,1H3,(H,17,20). The van der Waals surface area contributed by atoms with Gasteiger partial charge in [-0.3, -0.25) is 9.59 Å². The molecule has 1 fully saturated rings. The first-order chi connectivity index (χ1) is 10.1. The van der Waals surface area contributed by atoms with Crippen molar-refractivity contribution in [2.45, 2.75) is 19.8 Å². The third-order valence-corrected chi connectivity index (χ3v) is 3.58. The molecule has 0 spiro atoms. The number of nitrogens with zero attached hydrogens (tertiary/aromatic N) is 1. The molecule has 1 aromatic heterocycles. The molecule has 1 saturated heterocycles. The zero-order valence-corrected chi connectivity index (χ0v) is 11.8. The number of hydrogen-bond acceptors (Lipinski definition) is 3. The Bertz CT molecular complexity index is 673. The smallest absolute Gasteiger partial charge is 0.291 e. The Morgan fingerprint density at radius 3 is 2.57 bits per heavy atom. The van der Waals surface area contributed by atoms with E-state index in [2.05, 4.69) is 5.32 Å². The van der Waals surface area contributed by atoms with E-state index in [9.17, 15) is 9.59 Å². The van der Waals surface area contributed by atoms with Crippen LogP contribution in [0.4, 0.5) is 11.4 Å². The predicted octanol–water partition coefficient (Wildman–Crippen LogP) is 2.97. The lowest BCUT2D eigenvalue weighted by molar-refractivity contribution is -0.117. The average Bonchev–Trinajstić information content (AvgIpc) is 3.08. The molecule has 5 heteroatoms. The molecule has 1 aromatic carbocycles. The quantitative estimate of drug-likeness (QED) is 0.942. The highest BCUT2D eigenvalue weighted by Gasteiger charge is 2.21. The minimum absolute atomic E-state index is 0.151. The summed E-state index contributed by atoms with van der Waals surface area (Å²) in [5, 5.41) is 2.78. The Kier molecular flexibility index (Phi) is 3.48. The van der Waals surface area contributed by atoms with Crippen LogP contribution in [-0.4, -0.2) is 18.4 Å². The topological polar surface area (TPSA) is 62.6 Å². The molecule has 2 amide bonds. The number of nitrogens with one attached hydrogen (secondary N) is 1. The summed E-state index contributed by atoms with van der Waals surface area (Å²) in [6.07, 6.45) is 3.00. The Balaban J connectivity index is 1.71. The van der Waals surface area contributed by atoms with Crippen LogP contribution in [0.5, 0.6) is 0 Å². The van der Waals surface area contributed by atoms with Crippen molar-refractivity contribution in [1.29, 1.82) is 0 Å². The third kappa shape index (κ3) is 2.67. The number of anilines is 2. The summed E-state index contributed by atoms with van der Waals surface area (Å²) >= 11 is 0. The Labute approximate surface area is 122 Å². The van der Waals surface area contributed by atoms with Gasteiger partial charge in [-0.1, -0.05) is 0 Å². The summed E-state index contributed by atoms with van der Waals surface area (Å²) in [6, 6.07) is 9.01. The normalized spacial score (nSPS) is 14.5. The van der Waals surface area contributed by atoms with Crippen LogP contribution in [0.2, 0.25) is 0 Å². The lowest BCUT2D eigenvalue weighted by Gasteiger charge is -2.16. The number of benzene rings is 1. The summed E-state index contributed by atoms with van der Waals surface area (Å²) in [7, 11) is 0. The summed E-state index contributed by atoms with van der Waals surface area (Å²) in [6.45, 7) is 2.58. The van der Waals surface area contributed by atoms with Crippen molar-refractivity contribution >= 4 is 23.2 Å². The highest BCUT2D eigenvalue weighted by molar-refractivity contribution is 6.03. The number of furan rings is 1. The molecule has 0 aliphatic carbocycles. The highest BCUT2D eigenvalue weighted by Crippen LogP contribution is 2.23. The number of amides is 2. The molecule has 108 valence electrons. The molecular weight excluding hydrogens is 268 g/mol. The predicted molar refractivity (Wildman–Crippen MR) is 79.4 cm³/mol. The molecule has 0 radical (unpaired) electrons. The van der Waals surface area contributed by atoms with Crippen LogP contribution in [0.1, 0.15) is 29.0 Å². The largest absolute Gasteiger partial charge is 0.459 e. The number of carbonyl (C=O) groups is 2. The van der Waals surface area contributed by atoms with E-state index in [-0.39, 0.29) is 11.8 Å². The van der Waals surface area contributed by atoms with Crippen molar-refractivity contribution in [2.75, 3.05) is 16.8 Å².